The molecule has 0 aromatic heterocycles. The van der Waals surface area contributed by atoms with E-state index in [1.807, 2.05) is 6.92 Å². The Hall–Kier alpha value is -8.64. The summed E-state index contributed by atoms with van der Waals surface area (Å²) in [5.74, 6) is -18.4. The number of nitrogens with one attached hydrogen (secondary N) is 8. The molecule has 0 radical (unpaired) electrons. The maximum Gasteiger partial charge on any atom is 0.335 e. The molecule has 3 aliphatic rings. The second-order valence-corrected chi connectivity index (χ2v) is 30.8. The van der Waals surface area contributed by atoms with Gasteiger partial charge in [-0.05, 0) is 84.4 Å². The number of aromatic hydroxyl groups is 1. The number of unbranched alkanes of at least 4 members (excludes halogenated alkanes) is 6. The zero-order valence-corrected chi connectivity index (χ0v) is 69.5. The maximum absolute atomic E-state index is 14.5. The molecule has 0 aliphatic carbocycles. The third-order valence-electron chi connectivity index (χ3n) is 20.4. The summed E-state index contributed by atoms with van der Waals surface area (Å²) in [6.07, 6.45) is -36.0. The van der Waals surface area contributed by atoms with Gasteiger partial charge in [-0.15, -0.1) is 11.6 Å². The largest absolute Gasteiger partial charge is 0.508 e. The molecule has 3 heterocycles. The van der Waals surface area contributed by atoms with Crippen LogP contribution in [0, 0.1) is 0 Å². The summed E-state index contributed by atoms with van der Waals surface area (Å²) in [7, 11) is 0.958. The Morgan fingerprint density at radius 1 is 0.569 bits per heavy atom. The molecular weight excluding hydrogens is 1670 g/mol. The standard InChI is InChI=1S/C75H120ClN11O36/c1-8-17-36(76)18-15-13-11-10-12-14-16-19-42(120-73-60(105)61(41(93)30-118-73)122-75-59(104)56(101)57(102)62(123-75)72(116)117)54(99)70(113)85-49(33(5)91)66(109)83-47(31(3)89)65(108)84-48(32(4)90)67(110)86-50(52(97)35-20-22-37(92)23-21-35)68(111)80-38(9-2)64(107)81-39(24-26-44(77)94)63(106)79-28-46(96)87(7)51(69(112)82-40(71(114)115)25-27-45(78)95)34(6)119-74-58(103)55(100)53(98)43(29-88)121-74/h9,20-23,31-34,36,39-43,47-62,73-75,88-93,97-105H,8,10-19,24-30H2,1-7H3,(H2,77,94)(H2,78,95)(H,79,106)(H,80,111)(H,81,107)(H,82,112)(H,83,109)(H,84,108)(H,85,113)(H,86,110)(H,114,115)(H,116,117)/b38-9-/t31?,32?,33?,34?,36?,39?,40?,41-,42?,43-,47?,48?,49?,50?,51?,52?,53-,54?,55+,56+,57-,58+,59-,60+,61-,62+,73+,74-,75-/m1/s1. The number of amides is 11. The van der Waals surface area contributed by atoms with E-state index >= 15 is 0 Å². The lowest BCUT2D eigenvalue weighted by molar-refractivity contribution is -0.349. The normalized spacial score (nSPS) is 26.0. The zero-order valence-electron chi connectivity index (χ0n) is 68.7. The topological polar surface area (TPSA) is 773 Å². The number of aliphatic hydroxyl groups excluding tert-OH is 14. The number of allylic oxidation sites excluding steroid dienone is 1. The lowest BCUT2D eigenvalue weighted by Crippen LogP contribution is -2.64. The summed E-state index contributed by atoms with van der Waals surface area (Å²) in [4.78, 5) is 176. The number of hydrogen-bond acceptors (Lipinski definition) is 34. The fraction of sp³-hybridized carbons (Fsp3) is 0.720. The first-order chi connectivity index (χ1) is 57.7. The van der Waals surface area contributed by atoms with Crippen LogP contribution in [0.1, 0.15) is 150 Å². The van der Waals surface area contributed by atoms with Crippen LogP contribution < -0.4 is 54.0 Å². The number of carboxylic acid groups (broad SMARTS) is 2. The number of carboxylic acids is 2. The van der Waals surface area contributed by atoms with Gasteiger partial charge >= 0.3 is 11.9 Å². The first-order valence-corrected chi connectivity index (χ1v) is 40.3. The molecule has 698 valence electrons. The SMILES string of the molecule is C/C=C(\NC(=O)C(NC(=O)C(NC(=O)C(NC(=O)C(NC(=O)C(O)C(CCCCCCCCCC(Cl)CCC)O[C@@H]1OC[C@@H](O)[C@@H](O[C@@H]2O[C@H](C(=O)O)[C@H](O)[C@H](O)[C@H]2O)[C@@H]1O)C(C)O)C(C)O)C(C)O)C(O)c1ccc(O)cc1)C(=O)NC(CCC(N)=O)C(=O)NCC(=O)N(C)C(C(=O)NC(CCC(N)=O)C(=O)O)C(C)O[C@@H]1O[C@H](CO)[C@@H](O)[C@H](O)[C@@H]1O. The molecule has 3 fully saturated rings. The molecule has 11 amide bonds. The number of phenolic OH excluding ortho intramolecular Hbond substituents is 1. The highest BCUT2D eigenvalue weighted by atomic mass is 35.5. The monoisotopic (exact) mass is 1790 g/mol. The molecule has 3 aliphatic heterocycles. The number of hydrogen-bond donors (Lipinski definition) is 27. The van der Waals surface area contributed by atoms with Gasteiger partial charge in [-0.1, -0.05) is 76.5 Å². The van der Waals surface area contributed by atoms with Gasteiger partial charge in [-0.2, -0.15) is 0 Å². The number of primary amides is 2. The molecule has 1 aromatic rings. The van der Waals surface area contributed by atoms with E-state index in [4.69, 9.17) is 51.5 Å². The summed E-state index contributed by atoms with van der Waals surface area (Å²) < 4.78 is 33.3. The fourth-order valence-electron chi connectivity index (χ4n) is 13.2. The van der Waals surface area contributed by atoms with Gasteiger partial charge in [0.15, 0.2) is 31.1 Å². The molecule has 1 aromatic carbocycles. The summed E-state index contributed by atoms with van der Waals surface area (Å²) in [5.41, 5.74) is 9.56. The van der Waals surface area contributed by atoms with E-state index in [9.17, 15) is 149 Å². The van der Waals surface area contributed by atoms with Crippen molar-refractivity contribution in [2.45, 2.75) is 314 Å². The Kier molecular flexibility index (Phi) is 44.9. The van der Waals surface area contributed by atoms with E-state index < -0.39 is 299 Å². The van der Waals surface area contributed by atoms with E-state index in [1.165, 1.54) is 0 Å². The number of aliphatic hydroxyl groups is 14. The van der Waals surface area contributed by atoms with E-state index in [-0.39, 0.29) is 29.5 Å². The first kappa shape index (κ1) is 107. The molecule has 0 bridgehead atoms. The lowest BCUT2D eigenvalue weighted by atomic mass is 9.98. The van der Waals surface area contributed by atoms with Crippen molar-refractivity contribution in [3.05, 3.63) is 41.6 Å². The number of ether oxygens (including phenoxy) is 6. The number of benzene rings is 1. The molecule has 4 rings (SSSR count). The smallest absolute Gasteiger partial charge is 0.335 e. The minimum atomic E-state index is -2.35. The molecule has 3 saturated heterocycles. The second kappa shape index (κ2) is 51.7. The van der Waals surface area contributed by atoms with Crippen LogP contribution in [0.25, 0.3) is 0 Å². The predicted octanol–water partition coefficient (Wildman–Crippen LogP) is -9.72. The molecular formula is C75H120ClN11O36. The molecule has 0 saturated carbocycles. The Balaban J connectivity index is 1.57. The molecule has 47 nitrogen and oxygen atoms in total. The van der Waals surface area contributed by atoms with Crippen LogP contribution in [0.2, 0.25) is 0 Å². The first-order valence-electron chi connectivity index (χ1n) is 39.9. The van der Waals surface area contributed by atoms with Crippen molar-refractivity contribution in [3.63, 3.8) is 0 Å². The maximum atomic E-state index is 14.5. The summed E-state index contributed by atoms with van der Waals surface area (Å²) in [6.45, 7) is 4.42. The number of nitrogens with zero attached hydrogens (tertiary/aromatic N) is 1. The lowest BCUT2D eigenvalue weighted by Gasteiger charge is -2.44. The average molecular weight is 1790 g/mol. The van der Waals surface area contributed by atoms with Crippen molar-refractivity contribution in [1.82, 2.24) is 47.4 Å². The molecule has 48 heteroatoms. The highest BCUT2D eigenvalue weighted by molar-refractivity contribution is 6.20. The number of carbonyl (C=O) groups is 13. The van der Waals surface area contributed by atoms with Crippen LogP contribution in [0.4, 0.5) is 0 Å². The van der Waals surface area contributed by atoms with Gasteiger partial charge in [0.25, 0.3) is 11.8 Å². The summed E-state index contributed by atoms with van der Waals surface area (Å²) in [5, 5.41) is 198. The van der Waals surface area contributed by atoms with Crippen LogP contribution >= 0.6 is 11.6 Å². The van der Waals surface area contributed by atoms with Gasteiger partial charge in [-0.25, -0.2) is 9.59 Å². The van der Waals surface area contributed by atoms with Crippen LogP contribution in [0.15, 0.2) is 36.0 Å². The van der Waals surface area contributed by atoms with Crippen LogP contribution in [0.3, 0.4) is 0 Å². The third kappa shape index (κ3) is 32.4. The molecule has 29 N–H and O–H groups in total. The van der Waals surface area contributed by atoms with Crippen molar-refractivity contribution >= 4 is 88.5 Å². The number of phenols is 1. The Bertz CT molecular complexity index is 3670. The van der Waals surface area contributed by atoms with Crippen LogP contribution in [-0.4, -0.2) is 366 Å². The molecule has 15 unspecified atom stereocenters. The van der Waals surface area contributed by atoms with Gasteiger partial charge in [-0.3, -0.25) is 52.7 Å². The van der Waals surface area contributed by atoms with Gasteiger partial charge < -0.3 is 174 Å². The van der Waals surface area contributed by atoms with Crippen molar-refractivity contribution < 1.29 is 178 Å². The minimum Gasteiger partial charge on any atom is -0.508 e. The van der Waals surface area contributed by atoms with Gasteiger partial charge in [0.1, 0.15) is 121 Å². The highest BCUT2D eigenvalue weighted by Crippen LogP contribution is 2.31. The minimum absolute atomic E-state index is 0.0553. The Morgan fingerprint density at radius 2 is 1.07 bits per heavy atom. The summed E-state index contributed by atoms with van der Waals surface area (Å²) in [6, 6.07) is -10.3. The van der Waals surface area contributed by atoms with E-state index in [1.54, 1.807) is 0 Å². The van der Waals surface area contributed by atoms with Crippen LogP contribution in [-0.2, 0) is 90.8 Å². The van der Waals surface area contributed by atoms with E-state index in [2.05, 4.69) is 42.5 Å². The Morgan fingerprint density at radius 3 is 1.58 bits per heavy atom. The average Bonchev–Trinajstić information content (AvgIpc) is 0.800. The van der Waals surface area contributed by atoms with Crippen molar-refractivity contribution in [2.75, 3.05) is 26.8 Å². The number of carbonyl (C=O) groups excluding carboxylic acids is 11. The number of halogens is 1. The molecule has 29 atom stereocenters. The highest BCUT2D eigenvalue weighted by Gasteiger charge is 2.53. The van der Waals surface area contributed by atoms with Crippen LogP contribution in [0.5, 0.6) is 5.75 Å². The number of alkyl halides is 1. The van der Waals surface area contributed by atoms with E-state index in [0.29, 0.717) is 17.7 Å². The number of likely N-dealkylation sites (N-methyl/N-ethyl adjacent to an activating group) is 1. The summed E-state index contributed by atoms with van der Waals surface area (Å²) >= 11 is 6.37. The van der Waals surface area contributed by atoms with Crippen molar-refractivity contribution in [2.24, 2.45) is 11.5 Å². The Labute approximate surface area is 710 Å². The van der Waals surface area contributed by atoms with Crippen molar-refractivity contribution in [3.8, 4) is 5.75 Å². The number of rotatable bonds is 52. The number of aliphatic carboxylic acids is 2. The van der Waals surface area contributed by atoms with Gasteiger partial charge in [0.05, 0.1) is 50.3 Å². The number of nitrogens with two attached hydrogens (primary N) is 2. The second-order valence-electron chi connectivity index (χ2n) is 30.2. The van der Waals surface area contributed by atoms with Crippen molar-refractivity contribution in [1.29, 1.82) is 0 Å². The van der Waals surface area contributed by atoms with Gasteiger partial charge in [0.2, 0.25) is 53.2 Å². The zero-order chi connectivity index (χ0) is 92.7. The van der Waals surface area contributed by atoms with E-state index in [0.717, 1.165) is 117 Å². The molecule has 0 spiro atoms. The third-order valence-corrected chi connectivity index (χ3v) is 20.8. The quantitative estimate of drug-likeness (QED) is 0.0164. The fourth-order valence-corrected chi connectivity index (χ4v) is 13.6. The predicted molar refractivity (Wildman–Crippen MR) is 418 cm³/mol. The molecule has 123 heavy (non-hydrogen) atoms. The van der Waals surface area contributed by atoms with Gasteiger partial charge in [0, 0.05) is 25.3 Å².